The Morgan fingerprint density at radius 2 is 1.52 bits per heavy atom. The van der Waals surface area contributed by atoms with E-state index < -0.39 is 0 Å². The number of nitrogens with zero attached hydrogens (tertiary/aromatic N) is 2. The topological polar surface area (TPSA) is 6.25 Å². The van der Waals surface area contributed by atoms with E-state index >= 15 is 0 Å². The van der Waals surface area contributed by atoms with E-state index in [1.807, 2.05) is 35.3 Å². The molecule has 0 aromatic carbocycles. The Kier molecular flexibility index (Phi) is 6.63. The zero-order chi connectivity index (χ0) is 14.5. The van der Waals surface area contributed by atoms with Gasteiger partial charge in [0.15, 0.2) is 0 Å². The average Bonchev–Trinajstić information content (AvgIpc) is 2.86. The molecule has 21 heavy (non-hydrogen) atoms. The summed E-state index contributed by atoms with van der Waals surface area (Å²) in [6.07, 6.45) is 11.0. The van der Waals surface area contributed by atoms with E-state index in [0.717, 1.165) is 4.32 Å². The fourth-order valence-corrected chi connectivity index (χ4v) is 8.06. The van der Waals surface area contributed by atoms with Crippen LogP contribution in [0.25, 0.3) is 0 Å². The van der Waals surface area contributed by atoms with Gasteiger partial charge in [0.05, 0.1) is 0 Å². The van der Waals surface area contributed by atoms with E-state index in [2.05, 4.69) is 9.48 Å². The molecule has 0 aromatic rings. The van der Waals surface area contributed by atoms with E-state index in [1.54, 1.807) is 4.38 Å². The Balaban J connectivity index is 1.45. The summed E-state index contributed by atoms with van der Waals surface area (Å²) < 4.78 is 5.89. The van der Waals surface area contributed by atoms with Gasteiger partial charge in [0.1, 0.15) is 21.3 Å². The second kappa shape index (κ2) is 8.46. The summed E-state index contributed by atoms with van der Waals surface area (Å²) in [5.41, 5.74) is 0. The zero-order valence-electron chi connectivity index (χ0n) is 12.6. The van der Waals surface area contributed by atoms with Crippen LogP contribution in [0.5, 0.6) is 0 Å². The quantitative estimate of drug-likeness (QED) is 0.496. The maximum absolute atomic E-state index is 5.67. The molecule has 0 aromatic heterocycles. The third-order valence-electron chi connectivity index (χ3n) is 4.32. The molecule has 0 bridgehead atoms. The lowest BCUT2D eigenvalue weighted by Gasteiger charge is -2.28. The normalized spacial score (nSPS) is 27.8. The van der Waals surface area contributed by atoms with Crippen molar-refractivity contribution < 1.29 is 4.58 Å². The van der Waals surface area contributed by atoms with Gasteiger partial charge in [-0.2, -0.15) is 0 Å². The second-order valence-corrected chi connectivity index (χ2v) is 11.1. The minimum Gasteiger partial charge on any atom is -0.357 e. The van der Waals surface area contributed by atoms with Gasteiger partial charge in [-0.25, -0.2) is 4.58 Å². The second-order valence-electron chi connectivity index (χ2n) is 5.98. The lowest BCUT2D eigenvalue weighted by atomic mass is 10.2. The zero-order valence-corrected chi connectivity index (χ0v) is 15.9. The molecule has 0 saturated carbocycles. The molecule has 3 fully saturated rings. The van der Waals surface area contributed by atoms with Crippen molar-refractivity contribution >= 4 is 56.2 Å². The largest absolute Gasteiger partial charge is 0.357 e. The number of thiocarbonyl (C=S) groups is 1. The van der Waals surface area contributed by atoms with Crippen molar-refractivity contribution in [3.05, 3.63) is 0 Å². The maximum atomic E-state index is 5.67. The average molecular weight is 362 g/mol. The number of hydrogen-bond acceptors (Lipinski definition) is 4. The van der Waals surface area contributed by atoms with E-state index in [4.69, 9.17) is 12.2 Å². The van der Waals surface area contributed by atoms with Crippen LogP contribution in [0, 0.1) is 0 Å². The molecule has 0 spiro atoms. The summed E-state index contributed by atoms with van der Waals surface area (Å²) in [6.45, 7) is 4.89. The van der Waals surface area contributed by atoms with Crippen molar-refractivity contribution in [3.8, 4) is 0 Å². The Labute approximate surface area is 146 Å². The molecule has 3 rings (SSSR count). The van der Waals surface area contributed by atoms with Crippen molar-refractivity contribution in [2.75, 3.05) is 26.2 Å². The Morgan fingerprint density at radius 3 is 2.14 bits per heavy atom. The van der Waals surface area contributed by atoms with Crippen LogP contribution in [-0.4, -0.2) is 48.3 Å². The molecular formula is C15H25N2S4+. The van der Waals surface area contributed by atoms with Crippen LogP contribution in [-0.2, 0) is 0 Å². The van der Waals surface area contributed by atoms with Gasteiger partial charge >= 0.3 is 0 Å². The van der Waals surface area contributed by atoms with Gasteiger partial charge in [0, 0.05) is 25.9 Å². The monoisotopic (exact) mass is 361 g/mol. The molecule has 3 aliphatic heterocycles. The summed E-state index contributed by atoms with van der Waals surface area (Å²) >= 11 is 11.7. The Morgan fingerprint density at radius 1 is 0.952 bits per heavy atom. The molecule has 2 nitrogen and oxygen atoms in total. The van der Waals surface area contributed by atoms with Gasteiger partial charge in [-0.15, -0.1) is 0 Å². The van der Waals surface area contributed by atoms with E-state index in [1.165, 1.54) is 77.5 Å². The van der Waals surface area contributed by atoms with Crippen molar-refractivity contribution in [1.82, 2.24) is 4.90 Å². The van der Waals surface area contributed by atoms with Gasteiger partial charge in [-0.05, 0) is 49.2 Å². The SMILES string of the molecule is S=C(SC1SC(=[N+]2CCCCCC2)S1)N1CCCCCC1. The van der Waals surface area contributed by atoms with Gasteiger partial charge in [-0.3, -0.25) is 0 Å². The van der Waals surface area contributed by atoms with E-state index in [9.17, 15) is 0 Å². The lowest BCUT2D eigenvalue weighted by Crippen LogP contribution is -2.31. The highest BCUT2D eigenvalue weighted by molar-refractivity contribution is 8.61. The Bertz CT molecular complexity index is 384. The van der Waals surface area contributed by atoms with Crippen LogP contribution in [0.4, 0.5) is 0 Å². The summed E-state index contributed by atoms with van der Waals surface area (Å²) in [6, 6.07) is 0. The van der Waals surface area contributed by atoms with Crippen molar-refractivity contribution in [2.24, 2.45) is 0 Å². The van der Waals surface area contributed by atoms with Gasteiger partial charge in [0.25, 0.3) is 4.38 Å². The molecule has 3 saturated heterocycles. The first-order chi connectivity index (χ1) is 10.3. The minimum atomic E-state index is 0.596. The predicted molar refractivity (Wildman–Crippen MR) is 103 cm³/mol. The van der Waals surface area contributed by atoms with Crippen LogP contribution >= 0.6 is 47.5 Å². The minimum absolute atomic E-state index is 0.596. The lowest BCUT2D eigenvalue weighted by molar-refractivity contribution is -0.521. The van der Waals surface area contributed by atoms with Crippen molar-refractivity contribution in [1.29, 1.82) is 0 Å². The molecule has 6 heteroatoms. The smallest absolute Gasteiger partial charge is 0.273 e. The molecule has 0 unspecified atom stereocenters. The molecule has 3 aliphatic rings. The molecule has 0 atom stereocenters. The number of rotatable bonds is 1. The van der Waals surface area contributed by atoms with Crippen LogP contribution in [0.1, 0.15) is 51.4 Å². The molecule has 0 N–H and O–H groups in total. The molecule has 0 radical (unpaired) electrons. The van der Waals surface area contributed by atoms with E-state index in [-0.39, 0.29) is 0 Å². The standard InChI is InChI=1S/C15H25N2S4/c18-13(16-9-5-1-2-6-10-16)19-15-20-14(21-15)17-11-7-3-4-8-12-17/h15H,1-12H2/q+1. The van der Waals surface area contributed by atoms with Crippen molar-refractivity contribution in [2.45, 2.75) is 55.3 Å². The molecule has 0 aliphatic carbocycles. The highest BCUT2D eigenvalue weighted by Gasteiger charge is 2.37. The first-order valence-electron chi connectivity index (χ1n) is 8.24. The predicted octanol–water partition coefficient (Wildman–Crippen LogP) is 4.59. The molecule has 3 heterocycles. The van der Waals surface area contributed by atoms with Crippen LogP contribution in [0.15, 0.2) is 0 Å². The molecular weight excluding hydrogens is 336 g/mol. The van der Waals surface area contributed by atoms with Crippen molar-refractivity contribution in [3.63, 3.8) is 0 Å². The first-order valence-corrected chi connectivity index (χ1v) is 11.3. The number of likely N-dealkylation sites (tertiary alicyclic amines) is 1. The third kappa shape index (κ3) is 4.79. The van der Waals surface area contributed by atoms with Crippen LogP contribution in [0.3, 0.4) is 0 Å². The van der Waals surface area contributed by atoms with Gasteiger partial charge in [-0.1, -0.05) is 36.8 Å². The maximum Gasteiger partial charge on any atom is 0.273 e. The summed E-state index contributed by atoms with van der Waals surface area (Å²) in [7, 11) is 0. The van der Waals surface area contributed by atoms with Crippen LogP contribution < -0.4 is 0 Å². The molecule has 0 amide bonds. The number of hydrogen-bond donors (Lipinski definition) is 0. The van der Waals surface area contributed by atoms with Crippen LogP contribution in [0.2, 0.25) is 0 Å². The fourth-order valence-electron chi connectivity index (χ4n) is 3.03. The first kappa shape index (κ1) is 16.5. The highest BCUT2D eigenvalue weighted by Crippen LogP contribution is 2.49. The third-order valence-corrected chi connectivity index (χ3v) is 9.13. The number of thioether (sulfide) groups is 3. The summed E-state index contributed by atoms with van der Waals surface area (Å²) in [5, 5.41) is 0. The van der Waals surface area contributed by atoms with Gasteiger partial charge in [0.2, 0.25) is 0 Å². The van der Waals surface area contributed by atoms with E-state index in [0.29, 0.717) is 3.91 Å². The fraction of sp³-hybridized carbons (Fsp3) is 0.867. The summed E-state index contributed by atoms with van der Waals surface area (Å²) in [5.74, 6) is 0. The Hall–Kier alpha value is 0.610. The molecule has 118 valence electrons. The highest BCUT2D eigenvalue weighted by atomic mass is 32.3. The summed E-state index contributed by atoms with van der Waals surface area (Å²) in [4.78, 5) is 2.44. The van der Waals surface area contributed by atoms with Gasteiger partial charge < -0.3 is 4.90 Å².